The Labute approximate surface area is 105 Å². The van der Waals surface area contributed by atoms with Gasteiger partial charge in [0, 0.05) is 15.3 Å². The van der Waals surface area contributed by atoms with Crippen molar-refractivity contribution in [3.8, 4) is 0 Å². The fourth-order valence-corrected chi connectivity index (χ4v) is 2.66. The van der Waals surface area contributed by atoms with Crippen molar-refractivity contribution in [2.24, 2.45) is 0 Å². The lowest BCUT2D eigenvalue weighted by molar-refractivity contribution is 0.101. The molecule has 0 aliphatic heterocycles. The van der Waals surface area contributed by atoms with Crippen LogP contribution in [0, 0.1) is 6.92 Å². The van der Waals surface area contributed by atoms with Gasteiger partial charge < -0.3 is 0 Å². The number of ketones is 1. The third-order valence-corrected chi connectivity index (χ3v) is 3.57. The van der Waals surface area contributed by atoms with Crippen LogP contribution in [0.4, 0.5) is 0 Å². The van der Waals surface area contributed by atoms with Gasteiger partial charge in [-0.05, 0) is 31.6 Å². The molecule has 0 N–H and O–H groups in total. The van der Waals surface area contributed by atoms with Crippen LogP contribution in [-0.2, 0) is 0 Å². The van der Waals surface area contributed by atoms with Crippen molar-refractivity contribution in [1.82, 2.24) is 0 Å². The first-order chi connectivity index (χ1) is 8.16. The topological polar surface area (TPSA) is 17.1 Å². The Hall–Kier alpha value is -1.67. The van der Waals surface area contributed by atoms with Crippen molar-refractivity contribution in [3.05, 3.63) is 57.3 Å². The van der Waals surface area contributed by atoms with E-state index < -0.39 is 0 Å². The van der Waals surface area contributed by atoms with Crippen LogP contribution < -0.4 is 0 Å². The summed E-state index contributed by atoms with van der Waals surface area (Å²) >= 11 is 1.65. The largest absolute Gasteiger partial charge is 0.294 e. The van der Waals surface area contributed by atoms with Gasteiger partial charge in [-0.2, -0.15) is 0 Å². The Morgan fingerprint density at radius 1 is 1.18 bits per heavy atom. The van der Waals surface area contributed by atoms with E-state index in [9.17, 15) is 4.79 Å². The van der Waals surface area contributed by atoms with Crippen molar-refractivity contribution >= 4 is 29.3 Å². The summed E-state index contributed by atoms with van der Waals surface area (Å²) in [5.41, 5.74) is 2.01. The smallest absolute Gasteiger partial charge is 0.160 e. The highest BCUT2D eigenvalue weighted by Crippen LogP contribution is 2.23. The third kappa shape index (κ3) is 2.92. The molecule has 17 heavy (non-hydrogen) atoms. The highest BCUT2D eigenvalue weighted by Gasteiger charge is 2.07. The molecule has 0 unspecified atom stereocenters. The third-order valence-electron chi connectivity index (χ3n) is 2.56. The molecule has 1 aromatic carbocycles. The summed E-state index contributed by atoms with van der Waals surface area (Å²) in [6.45, 7) is 3.60. The fourth-order valence-electron chi connectivity index (χ4n) is 1.68. The summed E-state index contributed by atoms with van der Waals surface area (Å²) in [6, 6.07) is 12.1. The van der Waals surface area contributed by atoms with E-state index in [0.717, 1.165) is 15.3 Å². The van der Waals surface area contributed by atoms with Gasteiger partial charge in [0.1, 0.15) is 0 Å². The average Bonchev–Trinajstić information content (AvgIpc) is 2.69. The maximum atomic E-state index is 11.3. The second-order valence-electron chi connectivity index (χ2n) is 3.92. The second-order valence-corrected chi connectivity index (χ2v) is 5.21. The van der Waals surface area contributed by atoms with E-state index in [1.54, 1.807) is 18.3 Å². The minimum atomic E-state index is 0.137. The molecule has 0 spiro atoms. The first-order valence-corrected chi connectivity index (χ1v) is 6.33. The van der Waals surface area contributed by atoms with E-state index in [0.29, 0.717) is 0 Å². The van der Waals surface area contributed by atoms with Crippen molar-refractivity contribution in [2.75, 3.05) is 0 Å². The molecule has 0 aliphatic rings. The minimum Gasteiger partial charge on any atom is -0.294 e. The Bertz CT molecular complexity index is 550. The highest BCUT2D eigenvalue weighted by atomic mass is 32.1. The first-order valence-electron chi connectivity index (χ1n) is 5.51. The molecular formula is C15H14OS. The van der Waals surface area contributed by atoms with E-state index >= 15 is 0 Å². The summed E-state index contributed by atoms with van der Waals surface area (Å²) in [6.07, 6.45) is 4.12. The molecule has 0 radical (unpaired) electrons. The monoisotopic (exact) mass is 242 g/mol. The molecule has 2 heteroatoms. The SMILES string of the molecule is CC(=O)c1cc(/C=C/c2ccccc2)sc1C. The summed E-state index contributed by atoms with van der Waals surface area (Å²) < 4.78 is 0. The highest BCUT2D eigenvalue weighted by molar-refractivity contribution is 7.13. The average molecular weight is 242 g/mol. The van der Waals surface area contributed by atoms with Gasteiger partial charge in [-0.1, -0.05) is 36.4 Å². The van der Waals surface area contributed by atoms with Crippen LogP contribution in [0.15, 0.2) is 36.4 Å². The minimum absolute atomic E-state index is 0.137. The number of thiophene rings is 1. The second kappa shape index (κ2) is 5.11. The van der Waals surface area contributed by atoms with Crippen molar-refractivity contribution in [1.29, 1.82) is 0 Å². The van der Waals surface area contributed by atoms with Crippen LogP contribution in [-0.4, -0.2) is 5.78 Å². The number of hydrogen-bond acceptors (Lipinski definition) is 2. The zero-order chi connectivity index (χ0) is 12.3. The number of carbonyl (C=O) groups is 1. The summed E-state index contributed by atoms with van der Waals surface area (Å²) in [5.74, 6) is 0.137. The quantitative estimate of drug-likeness (QED) is 0.728. The van der Waals surface area contributed by atoms with Crippen LogP contribution in [0.5, 0.6) is 0 Å². The molecule has 86 valence electrons. The number of benzene rings is 1. The molecule has 1 nitrogen and oxygen atoms in total. The molecule has 1 heterocycles. The first kappa shape index (κ1) is 11.8. The van der Waals surface area contributed by atoms with Gasteiger partial charge in [0.2, 0.25) is 0 Å². The maximum Gasteiger partial charge on any atom is 0.160 e. The Morgan fingerprint density at radius 3 is 2.47 bits per heavy atom. The van der Waals surface area contributed by atoms with E-state index in [-0.39, 0.29) is 5.78 Å². The molecule has 0 aliphatic carbocycles. The zero-order valence-corrected chi connectivity index (χ0v) is 10.8. The van der Waals surface area contributed by atoms with Gasteiger partial charge >= 0.3 is 0 Å². The van der Waals surface area contributed by atoms with Crippen LogP contribution in [0.2, 0.25) is 0 Å². The summed E-state index contributed by atoms with van der Waals surface area (Å²) in [7, 11) is 0. The van der Waals surface area contributed by atoms with Gasteiger partial charge in [0.15, 0.2) is 5.78 Å². The number of rotatable bonds is 3. The molecule has 0 atom stereocenters. The lowest BCUT2D eigenvalue weighted by Crippen LogP contribution is -1.89. The van der Waals surface area contributed by atoms with E-state index in [1.165, 1.54) is 5.56 Å². The predicted molar refractivity (Wildman–Crippen MR) is 74.4 cm³/mol. The van der Waals surface area contributed by atoms with Crippen molar-refractivity contribution in [3.63, 3.8) is 0 Å². The van der Waals surface area contributed by atoms with Gasteiger partial charge in [-0.3, -0.25) is 4.79 Å². The molecule has 2 rings (SSSR count). The fraction of sp³-hybridized carbons (Fsp3) is 0.133. The summed E-state index contributed by atoms with van der Waals surface area (Å²) in [4.78, 5) is 13.5. The van der Waals surface area contributed by atoms with Crippen LogP contribution >= 0.6 is 11.3 Å². The molecule has 0 saturated heterocycles. The number of hydrogen-bond donors (Lipinski definition) is 0. The molecule has 2 aromatic rings. The van der Waals surface area contributed by atoms with Crippen molar-refractivity contribution < 1.29 is 4.79 Å². The predicted octanol–water partition coefficient (Wildman–Crippen LogP) is 4.43. The van der Waals surface area contributed by atoms with Crippen LogP contribution in [0.25, 0.3) is 12.2 Å². The normalized spacial score (nSPS) is 10.9. The van der Waals surface area contributed by atoms with E-state index in [4.69, 9.17) is 0 Å². The lowest BCUT2D eigenvalue weighted by Gasteiger charge is -1.89. The number of carbonyl (C=O) groups excluding carboxylic acids is 1. The number of Topliss-reactive ketones (excluding diaryl/α,β-unsaturated/α-hetero) is 1. The van der Waals surface area contributed by atoms with Crippen LogP contribution in [0.1, 0.15) is 32.6 Å². The number of aryl methyl sites for hydroxylation is 1. The van der Waals surface area contributed by atoms with Crippen LogP contribution in [0.3, 0.4) is 0 Å². The zero-order valence-electron chi connectivity index (χ0n) is 9.94. The molecule has 0 fully saturated rings. The molecule has 1 aromatic heterocycles. The lowest BCUT2D eigenvalue weighted by atomic mass is 10.1. The van der Waals surface area contributed by atoms with Gasteiger partial charge in [0.25, 0.3) is 0 Å². The van der Waals surface area contributed by atoms with Gasteiger partial charge in [0.05, 0.1) is 0 Å². The van der Waals surface area contributed by atoms with Gasteiger partial charge in [-0.15, -0.1) is 11.3 Å². The molecule has 0 bridgehead atoms. The maximum absolute atomic E-state index is 11.3. The molecule has 0 amide bonds. The Morgan fingerprint density at radius 2 is 1.88 bits per heavy atom. The van der Waals surface area contributed by atoms with Crippen molar-refractivity contribution in [2.45, 2.75) is 13.8 Å². The molecule has 0 saturated carbocycles. The van der Waals surface area contributed by atoms with E-state index in [2.05, 4.69) is 24.3 Å². The van der Waals surface area contributed by atoms with Gasteiger partial charge in [-0.25, -0.2) is 0 Å². The Kier molecular flexibility index (Phi) is 3.55. The van der Waals surface area contributed by atoms with E-state index in [1.807, 2.05) is 31.2 Å². The molecular weight excluding hydrogens is 228 g/mol. The Balaban J connectivity index is 2.22. The summed E-state index contributed by atoms with van der Waals surface area (Å²) in [5, 5.41) is 0. The standard InChI is InChI=1S/C15H14OS/c1-11(16)15-10-14(17-12(15)2)9-8-13-6-4-3-5-7-13/h3-10H,1-2H3/b9-8+.